The Labute approximate surface area is 175 Å². The molecule has 2 aromatic heterocycles. The first-order chi connectivity index (χ1) is 13.9. The molecule has 1 N–H and O–H groups in total. The van der Waals surface area contributed by atoms with Gasteiger partial charge in [-0.05, 0) is 58.2 Å². The number of rotatable bonds is 4. The number of thiophene rings is 1. The third kappa shape index (κ3) is 4.25. The molecule has 0 atom stereocenters. The number of carbonyl (C=O) groups excluding carboxylic acids is 1. The van der Waals surface area contributed by atoms with E-state index in [0.717, 1.165) is 28.4 Å². The second-order valence-corrected chi connectivity index (χ2v) is 9.79. The summed E-state index contributed by atoms with van der Waals surface area (Å²) in [5.41, 5.74) is -0.101. The summed E-state index contributed by atoms with van der Waals surface area (Å²) in [6.07, 6.45) is 6.10. The lowest BCUT2D eigenvalue weighted by Gasteiger charge is -2.39. The van der Waals surface area contributed by atoms with Crippen molar-refractivity contribution in [1.29, 1.82) is 0 Å². The second kappa shape index (κ2) is 8.16. The number of aryl methyl sites for hydroxylation is 2. The maximum atomic E-state index is 12.9. The van der Waals surface area contributed by atoms with Crippen LogP contribution in [0.3, 0.4) is 0 Å². The fraction of sp³-hybridized carbons (Fsp3) is 0.667. The van der Waals surface area contributed by atoms with Gasteiger partial charge in [-0.15, -0.1) is 11.3 Å². The number of amides is 1. The zero-order valence-electron chi connectivity index (χ0n) is 17.3. The van der Waals surface area contributed by atoms with Crippen LogP contribution in [-0.4, -0.2) is 68.7 Å². The van der Waals surface area contributed by atoms with Crippen LogP contribution in [0.5, 0.6) is 0 Å². The Morgan fingerprint density at radius 1 is 1.17 bits per heavy atom. The summed E-state index contributed by atoms with van der Waals surface area (Å²) in [4.78, 5) is 35.9. The molecule has 0 saturated carbocycles. The Morgan fingerprint density at radius 3 is 2.55 bits per heavy atom. The molecule has 2 aliphatic rings. The van der Waals surface area contributed by atoms with Crippen molar-refractivity contribution in [3.8, 4) is 0 Å². The molecule has 0 spiro atoms. The first-order valence-corrected chi connectivity index (χ1v) is 11.4. The monoisotopic (exact) mass is 418 g/mol. The average Bonchev–Trinajstić information content (AvgIpc) is 3.00. The lowest BCUT2D eigenvalue weighted by Crippen LogP contribution is -2.51. The highest BCUT2D eigenvalue weighted by Gasteiger charge is 2.35. The highest BCUT2D eigenvalue weighted by atomic mass is 32.1. The predicted octanol–water partition coefficient (Wildman–Crippen LogP) is 1.91. The van der Waals surface area contributed by atoms with Crippen LogP contribution in [0.1, 0.15) is 42.5 Å². The SMILES string of the molecule is Cc1sc2ncn(CC3(O)CCN(C(=O)CN4CCCCC4)CC3)c(=O)c2c1C. The van der Waals surface area contributed by atoms with Gasteiger partial charge in [0.1, 0.15) is 4.83 Å². The van der Waals surface area contributed by atoms with Crippen LogP contribution >= 0.6 is 11.3 Å². The van der Waals surface area contributed by atoms with E-state index in [0.29, 0.717) is 37.9 Å². The van der Waals surface area contributed by atoms with E-state index in [2.05, 4.69) is 9.88 Å². The van der Waals surface area contributed by atoms with Gasteiger partial charge in [-0.2, -0.15) is 0 Å². The van der Waals surface area contributed by atoms with E-state index in [1.165, 1.54) is 35.2 Å². The molecule has 7 nitrogen and oxygen atoms in total. The number of nitrogens with zero attached hydrogens (tertiary/aromatic N) is 4. The summed E-state index contributed by atoms with van der Waals surface area (Å²) >= 11 is 1.53. The van der Waals surface area contributed by atoms with Crippen LogP contribution in [0.4, 0.5) is 0 Å². The van der Waals surface area contributed by atoms with Gasteiger partial charge in [-0.25, -0.2) is 4.98 Å². The standard InChI is InChI=1S/C21H30N4O3S/c1-15-16(2)29-19-18(15)20(27)25(14-22-19)13-21(28)6-10-24(11-7-21)17(26)12-23-8-4-3-5-9-23/h14,28H,3-13H2,1-2H3. The van der Waals surface area contributed by atoms with Gasteiger partial charge in [0.15, 0.2) is 0 Å². The van der Waals surface area contributed by atoms with E-state index >= 15 is 0 Å². The molecule has 2 aliphatic heterocycles. The van der Waals surface area contributed by atoms with Crippen LogP contribution in [0.25, 0.3) is 10.2 Å². The molecular formula is C21H30N4O3S. The maximum Gasteiger partial charge on any atom is 0.262 e. The number of aromatic nitrogens is 2. The maximum absolute atomic E-state index is 12.9. The molecule has 0 unspecified atom stereocenters. The summed E-state index contributed by atoms with van der Waals surface area (Å²) in [7, 11) is 0. The first-order valence-electron chi connectivity index (χ1n) is 10.5. The predicted molar refractivity (Wildman–Crippen MR) is 114 cm³/mol. The van der Waals surface area contributed by atoms with Crippen molar-refractivity contribution >= 4 is 27.5 Å². The Balaban J connectivity index is 1.40. The first kappa shape index (κ1) is 20.5. The minimum Gasteiger partial charge on any atom is -0.388 e. The van der Waals surface area contributed by atoms with Crippen LogP contribution in [-0.2, 0) is 11.3 Å². The molecule has 0 bridgehead atoms. The second-order valence-electron chi connectivity index (χ2n) is 8.58. The summed E-state index contributed by atoms with van der Waals surface area (Å²) in [5, 5.41) is 11.7. The van der Waals surface area contributed by atoms with E-state index in [-0.39, 0.29) is 18.0 Å². The third-order valence-electron chi connectivity index (χ3n) is 6.47. The molecule has 2 saturated heterocycles. The summed E-state index contributed by atoms with van der Waals surface area (Å²) in [6.45, 7) is 7.71. The van der Waals surface area contributed by atoms with Gasteiger partial charge in [0.25, 0.3) is 5.56 Å². The lowest BCUT2D eigenvalue weighted by atomic mass is 9.91. The molecule has 2 fully saturated rings. The molecule has 158 valence electrons. The van der Waals surface area contributed by atoms with Gasteiger partial charge in [0.05, 0.1) is 30.4 Å². The molecular weight excluding hydrogens is 388 g/mol. The molecule has 4 rings (SSSR count). The molecule has 8 heteroatoms. The third-order valence-corrected chi connectivity index (χ3v) is 7.59. The zero-order valence-corrected chi connectivity index (χ0v) is 18.1. The number of hydrogen-bond acceptors (Lipinski definition) is 6. The fourth-order valence-corrected chi connectivity index (χ4v) is 5.43. The molecule has 1 amide bonds. The van der Waals surface area contributed by atoms with Crippen LogP contribution < -0.4 is 5.56 Å². The minimum absolute atomic E-state index is 0.0890. The topological polar surface area (TPSA) is 78.7 Å². The summed E-state index contributed by atoms with van der Waals surface area (Å²) in [5.74, 6) is 0.151. The van der Waals surface area contributed by atoms with Gasteiger partial charge in [-0.3, -0.25) is 19.1 Å². The highest BCUT2D eigenvalue weighted by Crippen LogP contribution is 2.27. The fourth-order valence-electron chi connectivity index (χ4n) is 4.44. The van der Waals surface area contributed by atoms with E-state index in [1.807, 2.05) is 18.7 Å². The van der Waals surface area contributed by atoms with Crippen molar-refractivity contribution in [3.63, 3.8) is 0 Å². The molecule has 2 aromatic rings. The molecule has 0 aromatic carbocycles. The molecule has 29 heavy (non-hydrogen) atoms. The molecule has 0 aliphatic carbocycles. The normalized spacial score (nSPS) is 20.3. The van der Waals surface area contributed by atoms with Crippen molar-refractivity contribution in [2.24, 2.45) is 0 Å². The Kier molecular flexibility index (Phi) is 5.77. The van der Waals surface area contributed by atoms with Crippen LogP contribution in [0.2, 0.25) is 0 Å². The van der Waals surface area contributed by atoms with Gasteiger partial charge in [-0.1, -0.05) is 6.42 Å². The Hall–Kier alpha value is -1.77. The number of likely N-dealkylation sites (tertiary alicyclic amines) is 2. The van der Waals surface area contributed by atoms with Crippen LogP contribution in [0, 0.1) is 13.8 Å². The number of carbonyl (C=O) groups is 1. The minimum atomic E-state index is -0.986. The van der Waals surface area contributed by atoms with Crippen molar-refractivity contribution in [2.45, 2.75) is 58.1 Å². The molecule has 4 heterocycles. The number of aliphatic hydroxyl groups is 1. The van der Waals surface area contributed by atoms with E-state index in [9.17, 15) is 14.7 Å². The van der Waals surface area contributed by atoms with Crippen molar-refractivity contribution in [3.05, 3.63) is 27.1 Å². The van der Waals surface area contributed by atoms with Gasteiger partial charge in [0.2, 0.25) is 5.91 Å². The van der Waals surface area contributed by atoms with Crippen LogP contribution in [0.15, 0.2) is 11.1 Å². The van der Waals surface area contributed by atoms with Gasteiger partial charge >= 0.3 is 0 Å². The van der Waals surface area contributed by atoms with E-state index in [4.69, 9.17) is 0 Å². The lowest BCUT2D eigenvalue weighted by molar-refractivity contribution is -0.137. The zero-order chi connectivity index (χ0) is 20.6. The quantitative estimate of drug-likeness (QED) is 0.821. The van der Waals surface area contributed by atoms with Crippen molar-refractivity contribution in [1.82, 2.24) is 19.4 Å². The smallest absolute Gasteiger partial charge is 0.262 e. The Bertz CT molecular complexity index is 953. The molecule has 0 radical (unpaired) electrons. The summed E-state index contributed by atoms with van der Waals surface area (Å²) in [6, 6.07) is 0. The van der Waals surface area contributed by atoms with Gasteiger partial charge < -0.3 is 10.0 Å². The van der Waals surface area contributed by atoms with Gasteiger partial charge in [0, 0.05) is 18.0 Å². The summed E-state index contributed by atoms with van der Waals surface area (Å²) < 4.78 is 1.53. The van der Waals surface area contributed by atoms with Crippen molar-refractivity contribution in [2.75, 3.05) is 32.7 Å². The largest absolute Gasteiger partial charge is 0.388 e. The number of fused-ring (bicyclic) bond motifs is 1. The van der Waals surface area contributed by atoms with Crippen molar-refractivity contribution < 1.29 is 9.90 Å². The van der Waals surface area contributed by atoms with E-state index in [1.54, 1.807) is 6.33 Å². The highest BCUT2D eigenvalue weighted by molar-refractivity contribution is 7.18. The number of piperidine rings is 2. The number of hydrogen-bond donors (Lipinski definition) is 1. The van der Waals surface area contributed by atoms with E-state index < -0.39 is 5.60 Å². The Morgan fingerprint density at radius 2 is 1.86 bits per heavy atom. The average molecular weight is 419 g/mol.